The average molecular weight is 249 g/mol. The van der Waals surface area contributed by atoms with Gasteiger partial charge in [0.15, 0.2) is 0 Å². The first-order valence-electron chi connectivity index (χ1n) is 5.97. The molecule has 2 heterocycles. The van der Waals surface area contributed by atoms with Crippen molar-refractivity contribution in [3.05, 3.63) is 34.8 Å². The summed E-state index contributed by atoms with van der Waals surface area (Å²) >= 11 is 1.75. The van der Waals surface area contributed by atoms with Gasteiger partial charge in [-0.05, 0) is 49.6 Å². The molecule has 4 heteroatoms. The van der Waals surface area contributed by atoms with Gasteiger partial charge < -0.3 is 9.88 Å². The maximum Gasteiger partial charge on any atom is 0.203 e. The van der Waals surface area contributed by atoms with Crippen molar-refractivity contribution in [3.8, 4) is 0 Å². The molecule has 0 aliphatic rings. The fourth-order valence-electron chi connectivity index (χ4n) is 1.88. The van der Waals surface area contributed by atoms with E-state index >= 15 is 0 Å². The monoisotopic (exact) mass is 249 g/mol. The Morgan fingerprint density at radius 3 is 2.88 bits per heavy atom. The smallest absolute Gasteiger partial charge is 0.203 e. The van der Waals surface area contributed by atoms with Crippen LogP contribution < -0.4 is 5.32 Å². The largest absolute Gasteiger partial charge is 0.353 e. The highest BCUT2D eigenvalue weighted by molar-refractivity contribution is 7.07. The van der Waals surface area contributed by atoms with Crippen molar-refractivity contribution in [2.75, 3.05) is 5.32 Å². The average Bonchev–Trinajstić information content (AvgIpc) is 2.88. The van der Waals surface area contributed by atoms with Gasteiger partial charge in [-0.15, -0.1) is 0 Å². The second kappa shape index (κ2) is 5.36. The number of rotatable bonds is 5. The molecular weight excluding hydrogens is 230 g/mol. The zero-order chi connectivity index (χ0) is 12.3. The van der Waals surface area contributed by atoms with Gasteiger partial charge in [0.25, 0.3) is 0 Å². The highest BCUT2D eigenvalue weighted by Crippen LogP contribution is 2.15. The number of anilines is 1. The van der Waals surface area contributed by atoms with E-state index in [1.165, 1.54) is 5.56 Å². The molecule has 0 aliphatic carbocycles. The van der Waals surface area contributed by atoms with Gasteiger partial charge in [-0.3, -0.25) is 0 Å². The SMILES string of the molecule is CC(Cc1ccsc1)Nc1nccn1C(C)C. The molecule has 0 radical (unpaired) electrons. The molecule has 0 aromatic carbocycles. The quantitative estimate of drug-likeness (QED) is 0.878. The van der Waals surface area contributed by atoms with Crippen LogP contribution in [0.5, 0.6) is 0 Å². The van der Waals surface area contributed by atoms with E-state index in [-0.39, 0.29) is 0 Å². The Hall–Kier alpha value is -1.29. The van der Waals surface area contributed by atoms with E-state index < -0.39 is 0 Å². The summed E-state index contributed by atoms with van der Waals surface area (Å²) in [5, 5.41) is 7.79. The molecule has 2 aromatic heterocycles. The summed E-state index contributed by atoms with van der Waals surface area (Å²) in [6, 6.07) is 3.01. The fourth-order valence-corrected chi connectivity index (χ4v) is 2.56. The van der Waals surface area contributed by atoms with Crippen LogP contribution in [0, 0.1) is 0 Å². The minimum absolute atomic E-state index is 0.393. The van der Waals surface area contributed by atoms with Crippen LogP contribution in [0.4, 0.5) is 5.95 Å². The van der Waals surface area contributed by atoms with Crippen LogP contribution in [0.25, 0.3) is 0 Å². The molecule has 0 fully saturated rings. The number of imidazole rings is 1. The lowest BCUT2D eigenvalue weighted by molar-refractivity contribution is 0.598. The van der Waals surface area contributed by atoms with Crippen molar-refractivity contribution in [1.82, 2.24) is 9.55 Å². The second-order valence-electron chi connectivity index (χ2n) is 4.63. The fraction of sp³-hybridized carbons (Fsp3) is 0.462. The van der Waals surface area contributed by atoms with Gasteiger partial charge in [0, 0.05) is 24.5 Å². The molecule has 3 nitrogen and oxygen atoms in total. The molecule has 1 N–H and O–H groups in total. The predicted octanol–water partition coefficient (Wildman–Crippen LogP) is 3.57. The minimum atomic E-state index is 0.393. The van der Waals surface area contributed by atoms with Gasteiger partial charge in [0.05, 0.1) is 0 Å². The van der Waals surface area contributed by atoms with Crippen LogP contribution in [-0.2, 0) is 6.42 Å². The molecule has 0 amide bonds. The van der Waals surface area contributed by atoms with Crippen molar-refractivity contribution in [3.63, 3.8) is 0 Å². The molecular formula is C13H19N3S. The van der Waals surface area contributed by atoms with Gasteiger partial charge in [-0.25, -0.2) is 4.98 Å². The van der Waals surface area contributed by atoms with Gasteiger partial charge >= 0.3 is 0 Å². The molecule has 17 heavy (non-hydrogen) atoms. The van der Waals surface area contributed by atoms with Crippen molar-refractivity contribution >= 4 is 17.3 Å². The Labute approximate surface area is 107 Å². The van der Waals surface area contributed by atoms with Crippen molar-refractivity contribution in [2.24, 2.45) is 0 Å². The lowest BCUT2D eigenvalue weighted by atomic mass is 10.1. The zero-order valence-electron chi connectivity index (χ0n) is 10.6. The van der Waals surface area contributed by atoms with Crippen molar-refractivity contribution < 1.29 is 0 Å². The summed E-state index contributed by atoms with van der Waals surface area (Å²) in [5.41, 5.74) is 1.39. The molecule has 0 bridgehead atoms. The molecule has 0 saturated heterocycles. The summed E-state index contributed by atoms with van der Waals surface area (Å²) in [4.78, 5) is 4.36. The molecule has 0 saturated carbocycles. The van der Waals surface area contributed by atoms with E-state index in [0.717, 1.165) is 12.4 Å². The maximum absolute atomic E-state index is 4.36. The van der Waals surface area contributed by atoms with Crippen LogP contribution >= 0.6 is 11.3 Å². The summed E-state index contributed by atoms with van der Waals surface area (Å²) in [7, 11) is 0. The third-order valence-corrected chi connectivity index (χ3v) is 3.45. The number of hydrogen-bond acceptors (Lipinski definition) is 3. The van der Waals surface area contributed by atoms with Gasteiger partial charge in [-0.2, -0.15) is 11.3 Å². The Morgan fingerprint density at radius 1 is 1.41 bits per heavy atom. The molecule has 1 atom stereocenters. The highest BCUT2D eigenvalue weighted by atomic mass is 32.1. The Morgan fingerprint density at radius 2 is 2.24 bits per heavy atom. The molecule has 2 rings (SSSR count). The Bertz CT molecular complexity index is 445. The maximum atomic E-state index is 4.36. The van der Waals surface area contributed by atoms with E-state index in [1.54, 1.807) is 11.3 Å². The van der Waals surface area contributed by atoms with Crippen molar-refractivity contribution in [2.45, 2.75) is 39.3 Å². The normalized spacial score (nSPS) is 12.9. The number of nitrogens with one attached hydrogen (secondary N) is 1. The van der Waals surface area contributed by atoms with Gasteiger partial charge in [0.1, 0.15) is 0 Å². The summed E-state index contributed by atoms with van der Waals surface area (Å²) in [5.74, 6) is 0.961. The summed E-state index contributed by atoms with van der Waals surface area (Å²) < 4.78 is 2.16. The predicted molar refractivity (Wildman–Crippen MR) is 73.7 cm³/mol. The van der Waals surface area contributed by atoms with E-state index in [9.17, 15) is 0 Å². The van der Waals surface area contributed by atoms with Crippen LogP contribution in [-0.4, -0.2) is 15.6 Å². The molecule has 0 aliphatic heterocycles. The van der Waals surface area contributed by atoms with E-state index in [4.69, 9.17) is 0 Å². The van der Waals surface area contributed by atoms with E-state index in [1.807, 2.05) is 12.4 Å². The summed E-state index contributed by atoms with van der Waals surface area (Å²) in [6.07, 6.45) is 4.90. The lowest BCUT2D eigenvalue weighted by Gasteiger charge is -2.17. The third-order valence-electron chi connectivity index (χ3n) is 2.72. The first-order chi connectivity index (χ1) is 8.16. The standard InChI is InChI=1S/C13H19N3S/c1-10(2)16-6-5-14-13(16)15-11(3)8-12-4-7-17-9-12/h4-7,9-11H,8H2,1-3H3,(H,14,15). The lowest BCUT2D eigenvalue weighted by Crippen LogP contribution is -2.21. The Balaban J connectivity index is 1.98. The molecule has 1 unspecified atom stereocenters. The number of nitrogens with zero attached hydrogens (tertiary/aromatic N) is 2. The van der Waals surface area contributed by atoms with Crippen LogP contribution in [0.1, 0.15) is 32.4 Å². The summed E-state index contributed by atoms with van der Waals surface area (Å²) in [6.45, 7) is 6.52. The van der Waals surface area contributed by atoms with Crippen LogP contribution in [0.2, 0.25) is 0 Å². The molecule has 92 valence electrons. The van der Waals surface area contributed by atoms with Crippen molar-refractivity contribution in [1.29, 1.82) is 0 Å². The minimum Gasteiger partial charge on any atom is -0.353 e. The number of hydrogen-bond donors (Lipinski definition) is 1. The molecule has 0 spiro atoms. The van der Waals surface area contributed by atoms with Crippen LogP contribution in [0.15, 0.2) is 29.2 Å². The number of thiophene rings is 1. The van der Waals surface area contributed by atoms with Gasteiger partial charge in [-0.1, -0.05) is 0 Å². The van der Waals surface area contributed by atoms with Crippen LogP contribution in [0.3, 0.4) is 0 Å². The zero-order valence-corrected chi connectivity index (χ0v) is 11.4. The third kappa shape index (κ3) is 3.09. The second-order valence-corrected chi connectivity index (χ2v) is 5.41. The van der Waals surface area contributed by atoms with E-state index in [0.29, 0.717) is 12.1 Å². The first-order valence-corrected chi connectivity index (χ1v) is 6.91. The highest BCUT2D eigenvalue weighted by Gasteiger charge is 2.09. The first kappa shape index (κ1) is 12.2. The Kier molecular flexibility index (Phi) is 3.84. The topological polar surface area (TPSA) is 29.9 Å². The number of aromatic nitrogens is 2. The molecule has 2 aromatic rings. The van der Waals surface area contributed by atoms with Gasteiger partial charge in [0.2, 0.25) is 5.95 Å². The van der Waals surface area contributed by atoms with E-state index in [2.05, 4.69) is 52.5 Å².